The van der Waals surface area contributed by atoms with Crippen LogP contribution in [0.1, 0.15) is 40.3 Å². The van der Waals surface area contributed by atoms with Gasteiger partial charge >= 0.3 is 0 Å². The van der Waals surface area contributed by atoms with E-state index in [1.54, 1.807) is 24.3 Å². The van der Waals surface area contributed by atoms with Crippen LogP contribution in [0.25, 0.3) is 10.1 Å². The number of thiophene rings is 1. The SMILES string of the molecule is CCC(C)Oc1ccc(C(=O)NNC(=O)c2sc3ccccc3c2Cl)cc1. The summed E-state index contributed by atoms with van der Waals surface area (Å²) < 4.78 is 6.59. The van der Waals surface area contributed by atoms with Gasteiger partial charge in [0.2, 0.25) is 0 Å². The van der Waals surface area contributed by atoms with E-state index in [9.17, 15) is 9.59 Å². The lowest BCUT2D eigenvalue weighted by atomic mass is 10.2. The average molecular weight is 403 g/mol. The molecular formula is C20H19ClN2O3S. The van der Waals surface area contributed by atoms with E-state index >= 15 is 0 Å². The fourth-order valence-electron chi connectivity index (χ4n) is 2.40. The number of hydrazine groups is 1. The Morgan fingerprint density at radius 1 is 1.07 bits per heavy atom. The Bertz CT molecular complexity index is 969. The largest absolute Gasteiger partial charge is 0.491 e. The van der Waals surface area contributed by atoms with Gasteiger partial charge in [0.1, 0.15) is 10.6 Å². The van der Waals surface area contributed by atoms with Crippen molar-refractivity contribution in [3.63, 3.8) is 0 Å². The molecule has 5 nitrogen and oxygen atoms in total. The van der Waals surface area contributed by atoms with Gasteiger partial charge in [-0.1, -0.05) is 36.7 Å². The zero-order valence-corrected chi connectivity index (χ0v) is 16.5. The maximum Gasteiger partial charge on any atom is 0.281 e. The fraction of sp³-hybridized carbons (Fsp3) is 0.200. The number of carbonyl (C=O) groups excluding carboxylic acids is 2. The van der Waals surface area contributed by atoms with Crippen LogP contribution < -0.4 is 15.6 Å². The lowest BCUT2D eigenvalue weighted by Gasteiger charge is -2.12. The summed E-state index contributed by atoms with van der Waals surface area (Å²) in [4.78, 5) is 24.9. The third-order valence-corrected chi connectivity index (χ3v) is 5.73. The molecule has 140 valence electrons. The van der Waals surface area contributed by atoms with E-state index in [-0.39, 0.29) is 6.10 Å². The summed E-state index contributed by atoms with van der Waals surface area (Å²) in [6.45, 7) is 4.02. The van der Waals surface area contributed by atoms with E-state index in [1.165, 1.54) is 11.3 Å². The van der Waals surface area contributed by atoms with Gasteiger partial charge in [0.25, 0.3) is 11.8 Å². The van der Waals surface area contributed by atoms with Gasteiger partial charge in [-0.15, -0.1) is 11.3 Å². The van der Waals surface area contributed by atoms with Crippen molar-refractivity contribution in [3.8, 4) is 5.75 Å². The quantitative estimate of drug-likeness (QED) is 0.602. The minimum Gasteiger partial charge on any atom is -0.491 e. The molecule has 2 N–H and O–H groups in total. The van der Waals surface area contributed by atoms with E-state index in [0.29, 0.717) is 21.2 Å². The van der Waals surface area contributed by atoms with Crippen molar-refractivity contribution in [1.82, 2.24) is 10.9 Å². The molecule has 3 aromatic rings. The molecule has 1 atom stereocenters. The summed E-state index contributed by atoms with van der Waals surface area (Å²) in [6.07, 6.45) is 1.00. The Kier molecular flexibility index (Phi) is 5.98. The third kappa shape index (κ3) is 4.40. The molecule has 7 heteroatoms. The van der Waals surface area contributed by atoms with Crippen molar-refractivity contribution in [2.24, 2.45) is 0 Å². The number of amides is 2. The molecule has 0 aliphatic carbocycles. The highest BCUT2D eigenvalue weighted by Gasteiger charge is 2.17. The number of hydrogen-bond acceptors (Lipinski definition) is 4. The first-order valence-corrected chi connectivity index (χ1v) is 9.73. The molecular weight excluding hydrogens is 384 g/mol. The van der Waals surface area contributed by atoms with E-state index in [1.807, 2.05) is 38.1 Å². The zero-order chi connectivity index (χ0) is 19.4. The van der Waals surface area contributed by atoms with Gasteiger partial charge in [-0.2, -0.15) is 0 Å². The molecule has 3 rings (SSSR count). The molecule has 0 fully saturated rings. The molecule has 1 unspecified atom stereocenters. The van der Waals surface area contributed by atoms with Crippen molar-refractivity contribution in [2.75, 3.05) is 0 Å². The first-order chi connectivity index (χ1) is 13.0. The summed E-state index contributed by atoms with van der Waals surface area (Å²) in [6, 6.07) is 14.2. The average Bonchev–Trinajstić information content (AvgIpc) is 3.03. The molecule has 1 aromatic heterocycles. The normalized spacial score (nSPS) is 11.8. The minimum atomic E-state index is -0.453. The van der Waals surface area contributed by atoms with Gasteiger partial charge in [-0.25, -0.2) is 0 Å². The highest BCUT2D eigenvalue weighted by Crippen LogP contribution is 2.34. The van der Waals surface area contributed by atoms with Crippen LogP contribution in [0.15, 0.2) is 48.5 Å². The Balaban J connectivity index is 1.62. The summed E-state index contributed by atoms with van der Waals surface area (Å²) >= 11 is 7.56. The Hall–Kier alpha value is -2.57. The van der Waals surface area contributed by atoms with Crippen LogP contribution in [0, 0.1) is 0 Å². The second kappa shape index (κ2) is 8.41. The molecule has 2 aromatic carbocycles. The topological polar surface area (TPSA) is 67.4 Å². The lowest BCUT2D eigenvalue weighted by Crippen LogP contribution is -2.41. The number of benzene rings is 2. The van der Waals surface area contributed by atoms with Gasteiger partial charge in [0.15, 0.2) is 0 Å². The third-order valence-electron chi connectivity index (χ3n) is 4.06. The number of fused-ring (bicyclic) bond motifs is 1. The standard InChI is InChI=1S/C20H19ClN2O3S/c1-3-12(2)26-14-10-8-13(9-11-14)19(24)22-23-20(25)18-17(21)15-6-4-5-7-16(15)27-18/h4-12H,3H2,1-2H3,(H,22,24)(H,23,25). The molecule has 27 heavy (non-hydrogen) atoms. The number of nitrogens with one attached hydrogen (secondary N) is 2. The molecule has 1 heterocycles. The Morgan fingerprint density at radius 2 is 1.74 bits per heavy atom. The molecule has 2 amide bonds. The monoisotopic (exact) mass is 402 g/mol. The van der Waals surface area contributed by atoms with Crippen LogP contribution >= 0.6 is 22.9 Å². The predicted octanol–water partition coefficient (Wildman–Crippen LogP) is 4.81. The molecule has 0 aliphatic rings. The van der Waals surface area contributed by atoms with Crippen molar-refractivity contribution in [1.29, 1.82) is 0 Å². The van der Waals surface area contributed by atoms with Gasteiger partial charge in [0.05, 0.1) is 11.1 Å². The smallest absolute Gasteiger partial charge is 0.281 e. The molecule has 0 radical (unpaired) electrons. The van der Waals surface area contributed by atoms with Crippen LogP contribution in [0.2, 0.25) is 5.02 Å². The van der Waals surface area contributed by atoms with Gasteiger partial charge in [0, 0.05) is 15.6 Å². The van der Waals surface area contributed by atoms with Gasteiger partial charge < -0.3 is 4.74 Å². The summed E-state index contributed by atoms with van der Waals surface area (Å²) in [5, 5.41) is 1.20. The van der Waals surface area contributed by atoms with Crippen LogP contribution in [0.5, 0.6) is 5.75 Å². The van der Waals surface area contributed by atoms with Gasteiger partial charge in [-0.3, -0.25) is 20.4 Å². The molecule has 0 spiro atoms. The van der Waals surface area contributed by atoms with Crippen LogP contribution in [-0.4, -0.2) is 17.9 Å². The Labute approximate surface area is 166 Å². The van der Waals surface area contributed by atoms with Crippen LogP contribution in [0.4, 0.5) is 0 Å². The van der Waals surface area contributed by atoms with Crippen molar-refractivity contribution in [2.45, 2.75) is 26.4 Å². The predicted molar refractivity (Wildman–Crippen MR) is 109 cm³/mol. The number of ether oxygens (including phenoxy) is 1. The maximum atomic E-state index is 12.4. The lowest BCUT2D eigenvalue weighted by molar-refractivity contribution is 0.0849. The van der Waals surface area contributed by atoms with E-state index in [2.05, 4.69) is 10.9 Å². The van der Waals surface area contributed by atoms with E-state index in [4.69, 9.17) is 16.3 Å². The summed E-state index contributed by atoms with van der Waals surface area (Å²) in [5.74, 6) is -0.177. The summed E-state index contributed by atoms with van der Waals surface area (Å²) in [7, 11) is 0. The van der Waals surface area contributed by atoms with E-state index in [0.717, 1.165) is 16.5 Å². The number of hydrogen-bond donors (Lipinski definition) is 2. The maximum absolute atomic E-state index is 12.4. The number of rotatable bonds is 5. The van der Waals surface area contributed by atoms with Crippen LogP contribution in [0.3, 0.4) is 0 Å². The molecule has 0 saturated carbocycles. The first kappa shape index (κ1) is 19.2. The summed E-state index contributed by atoms with van der Waals surface area (Å²) in [5.41, 5.74) is 5.23. The second-order valence-corrected chi connectivity index (χ2v) is 7.44. The fourth-order valence-corrected chi connectivity index (χ4v) is 3.82. The van der Waals surface area contributed by atoms with E-state index < -0.39 is 11.8 Å². The van der Waals surface area contributed by atoms with Gasteiger partial charge in [-0.05, 0) is 43.7 Å². The number of carbonyl (C=O) groups is 2. The number of halogens is 1. The van der Waals surface area contributed by atoms with Crippen LogP contribution in [-0.2, 0) is 0 Å². The first-order valence-electron chi connectivity index (χ1n) is 8.54. The minimum absolute atomic E-state index is 0.107. The van der Waals surface area contributed by atoms with Crippen molar-refractivity contribution in [3.05, 3.63) is 64.0 Å². The Morgan fingerprint density at radius 3 is 2.41 bits per heavy atom. The van der Waals surface area contributed by atoms with Crippen molar-refractivity contribution >= 4 is 44.8 Å². The zero-order valence-electron chi connectivity index (χ0n) is 14.9. The highest BCUT2D eigenvalue weighted by molar-refractivity contribution is 7.21. The molecule has 0 aliphatic heterocycles. The second-order valence-electron chi connectivity index (χ2n) is 6.01. The molecule has 0 bridgehead atoms. The van der Waals surface area contributed by atoms with Crippen molar-refractivity contribution < 1.29 is 14.3 Å². The highest BCUT2D eigenvalue weighted by atomic mass is 35.5. The molecule has 0 saturated heterocycles.